The van der Waals surface area contributed by atoms with Crippen molar-refractivity contribution in [2.45, 2.75) is 39.7 Å². The zero-order valence-electron chi connectivity index (χ0n) is 20.3. The summed E-state index contributed by atoms with van der Waals surface area (Å²) in [7, 11) is 0. The first kappa shape index (κ1) is 22.6. The fourth-order valence-electron chi connectivity index (χ4n) is 5.85. The van der Waals surface area contributed by atoms with E-state index in [1.54, 1.807) is 11.3 Å². The van der Waals surface area contributed by atoms with E-state index < -0.39 is 11.4 Å². The average molecular weight is 490 g/mol. The van der Waals surface area contributed by atoms with Gasteiger partial charge in [-0.2, -0.15) is 0 Å². The van der Waals surface area contributed by atoms with Crippen molar-refractivity contribution in [3.63, 3.8) is 0 Å². The third-order valence-electron chi connectivity index (χ3n) is 8.12. The molecule has 1 aromatic heterocycles. The van der Waals surface area contributed by atoms with Crippen LogP contribution < -0.4 is 15.0 Å². The van der Waals surface area contributed by atoms with E-state index in [1.807, 2.05) is 6.07 Å². The van der Waals surface area contributed by atoms with Crippen molar-refractivity contribution in [1.82, 2.24) is 10.3 Å². The standard InChI is InChI=1S/C28H31N3O3S/c1-17-4-3-5-23(24-15-35-27(30-24)31-13-21-12-28(21,16-31)26(32)33)25(17)34-14-20-7-6-19-8-10-29-11-9-22(19)18(20)2/h3-7,15,21,29H,8-14,16H2,1-2H3,(H,32,33)/t21-,28-/m0/s1. The first-order valence-electron chi connectivity index (χ1n) is 12.4. The van der Waals surface area contributed by atoms with Gasteiger partial charge in [0.25, 0.3) is 0 Å². The molecule has 182 valence electrons. The molecule has 3 aliphatic rings. The Labute approximate surface area is 210 Å². The average Bonchev–Trinajstić information content (AvgIpc) is 3.22. The van der Waals surface area contributed by atoms with Gasteiger partial charge in [0.15, 0.2) is 5.13 Å². The van der Waals surface area contributed by atoms with E-state index in [0.717, 1.165) is 66.6 Å². The number of nitrogens with zero attached hydrogens (tertiary/aromatic N) is 2. The number of thiazole rings is 1. The molecule has 1 saturated heterocycles. The van der Waals surface area contributed by atoms with Crippen LogP contribution in [0.2, 0.25) is 0 Å². The molecular weight excluding hydrogens is 458 g/mol. The zero-order chi connectivity index (χ0) is 24.2. The minimum atomic E-state index is -0.666. The number of carbonyl (C=O) groups is 1. The smallest absolute Gasteiger partial charge is 0.311 e. The molecule has 2 aliphatic heterocycles. The van der Waals surface area contributed by atoms with Crippen LogP contribution in [-0.2, 0) is 24.2 Å². The molecule has 0 amide bonds. The van der Waals surface area contributed by atoms with Crippen LogP contribution in [0.25, 0.3) is 11.3 Å². The van der Waals surface area contributed by atoms with Crippen LogP contribution in [0.3, 0.4) is 0 Å². The molecule has 2 aromatic carbocycles. The highest BCUT2D eigenvalue weighted by Gasteiger charge is 2.65. The number of hydrogen-bond donors (Lipinski definition) is 2. The van der Waals surface area contributed by atoms with Gasteiger partial charge >= 0.3 is 5.97 Å². The molecule has 1 saturated carbocycles. The van der Waals surface area contributed by atoms with Gasteiger partial charge in [-0.15, -0.1) is 11.3 Å². The maximum Gasteiger partial charge on any atom is 0.311 e. The molecule has 7 heteroatoms. The van der Waals surface area contributed by atoms with Gasteiger partial charge < -0.3 is 20.1 Å². The Morgan fingerprint density at radius 3 is 2.94 bits per heavy atom. The Balaban J connectivity index is 1.23. The summed E-state index contributed by atoms with van der Waals surface area (Å²) in [6, 6.07) is 10.7. The van der Waals surface area contributed by atoms with E-state index in [-0.39, 0.29) is 5.92 Å². The lowest BCUT2D eigenvalue weighted by Gasteiger charge is -2.18. The summed E-state index contributed by atoms with van der Waals surface area (Å²) >= 11 is 1.58. The minimum absolute atomic E-state index is 0.255. The Morgan fingerprint density at radius 2 is 2.11 bits per heavy atom. The zero-order valence-corrected chi connectivity index (χ0v) is 21.1. The number of hydrogen-bond acceptors (Lipinski definition) is 6. The van der Waals surface area contributed by atoms with Crippen molar-refractivity contribution in [3.8, 4) is 17.0 Å². The molecule has 6 rings (SSSR count). The highest BCUT2D eigenvalue weighted by Crippen LogP contribution is 2.58. The molecule has 0 spiro atoms. The second-order valence-corrected chi connectivity index (χ2v) is 11.1. The summed E-state index contributed by atoms with van der Waals surface area (Å²) in [4.78, 5) is 18.8. The van der Waals surface area contributed by atoms with Crippen molar-refractivity contribution in [2.24, 2.45) is 11.3 Å². The lowest BCUT2D eigenvalue weighted by molar-refractivity contribution is -0.143. The summed E-state index contributed by atoms with van der Waals surface area (Å²) in [6.07, 6.45) is 2.94. The van der Waals surface area contributed by atoms with Crippen molar-refractivity contribution in [1.29, 1.82) is 0 Å². The number of aromatic nitrogens is 1. The van der Waals surface area contributed by atoms with E-state index in [2.05, 4.69) is 53.7 Å². The summed E-state index contributed by atoms with van der Waals surface area (Å²) < 4.78 is 6.48. The van der Waals surface area contributed by atoms with Crippen LogP contribution in [0.15, 0.2) is 35.7 Å². The molecule has 2 N–H and O–H groups in total. The quantitative estimate of drug-likeness (QED) is 0.527. The highest BCUT2D eigenvalue weighted by atomic mass is 32.1. The molecule has 0 bridgehead atoms. The number of ether oxygens (including phenoxy) is 1. The van der Waals surface area contributed by atoms with E-state index in [9.17, 15) is 9.90 Å². The second kappa shape index (κ2) is 8.64. The number of fused-ring (bicyclic) bond motifs is 2. The summed E-state index contributed by atoms with van der Waals surface area (Å²) in [5.74, 6) is 0.456. The van der Waals surface area contributed by atoms with Crippen molar-refractivity contribution in [2.75, 3.05) is 31.1 Å². The highest BCUT2D eigenvalue weighted by molar-refractivity contribution is 7.14. The molecule has 35 heavy (non-hydrogen) atoms. The number of carboxylic acids is 1. The van der Waals surface area contributed by atoms with E-state index in [4.69, 9.17) is 9.72 Å². The van der Waals surface area contributed by atoms with Crippen LogP contribution >= 0.6 is 11.3 Å². The van der Waals surface area contributed by atoms with Crippen molar-refractivity contribution < 1.29 is 14.6 Å². The molecule has 0 radical (unpaired) electrons. The third kappa shape index (κ3) is 3.91. The number of rotatable bonds is 6. The summed E-state index contributed by atoms with van der Waals surface area (Å²) in [6.45, 7) is 8.23. The van der Waals surface area contributed by atoms with E-state index >= 15 is 0 Å². The van der Waals surface area contributed by atoms with Crippen LogP contribution in [0, 0.1) is 25.2 Å². The second-order valence-electron chi connectivity index (χ2n) is 10.2. The fraction of sp³-hybridized carbons (Fsp3) is 0.429. The first-order chi connectivity index (χ1) is 17.0. The number of aliphatic carboxylic acids is 1. The number of carboxylic acid groups (broad SMARTS) is 1. The maximum absolute atomic E-state index is 11.7. The third-order valence-corrected chi connectivity index (χ3v) is 9.03. The predicted molar refractivity (Wildman–Crippen MR) is 138 cm³/mol. The molecule has 1 aliphatic carbocycles. The van der Waals surface area contributed by atoms with Crippen LogP contribution in [0.4, 0.5) is 5.13 Å². The van der Waals surface area contributed by atoms with Crippen LogP contribution in [0.5, 0.6) is 5.75 Å². The molecule has 2 atom stereocenters. The lowest BCUT2D eigenvalue weighted by Crippen LogP contribution is -2.28. The number of piperidine rings is 1. The molecule has 6 nitrogen and oxygen atoms in total. The molecular formula is C28H31N3O3S. The number of nitrogens with one attached hydrogen (secondary N) is 1. The van der Waals surface area contributed by atoms with Crippen LogP contribution in [0.1, 0.15) is 34.2 Å². The van der Waals surface area contributed by atoms with Gasteiger partial charge in [0.1, 0.15) is 12.4 Å². The summed E-state index contributed by atoms with van der Waals surface area (Å²) in [5.41, 5.74) is 7.90. The molecule has 0 unspecified atom stereocenters. The number of anilines is 1. The normalized spacial score (nSPS) is 22.9. The lowest BCUT2D eigenvalue weighted by atomic mass is 9.94. The van der Waals surface area contributed by atoms with Gasteiger partial charge in [0.05, 0.1) is 11.1 Å². The van der Waals surface area contributed by atoms with Gasteiger partial charge in [0, 0.05) is 24.0 Å². The number of aryl methyl sites for hydroxylation is 1. The molecule has 3 aromatic rings. The predicted octanol–water partition coefficient (Wildman–Crippen LogP) is 4.61. The Bertz CT molecular complexity index is 1300. The van der Waals surface area contributed by atoms with Gasteiger partial charge in [0.2, 0.25) is 0 Å². The van der Waals surface area contributed by atoms with Gasteiger partial charge in [-0.3, -0.25) is 4.79 Å². The largest absolute Gasteiger partial charge is 0.488 e. The topological polar surface area (TPSA) is 74.7 Å². The Morgan fingerprint density at radius 1 is 1.26 bits per heavy atom. The monoisotopic (exact) mass is 489 g/mol. The number of para-hydroxylation sites is 1. The Kier molecular flexibility index (Phi) is 5.57. The van der Waals surface area contributed by atoms with Crippen molar-refractivity contribution in [3.05, 3.63) is 63.5 Å². The van der Waals surface area contributed by atoms with Crippen molar-refractivity contribution >= 4 is 22.4 Å². The van der Waals surface area contributed by atoms with E-state index in [0.29, 0.717) is 13.2 Å². The minimum Gasteiger partial charge on any atom is -0.488 e. The van der Waals surface area contributed by atoms with E-state index in [1.165, 1.54) is 22.3 Å². The molecule has 2 fully saturated rings. The summed E-state index contributed by atoms with van der Waals surface area (Å²) in [5, 5.41) is 16.1. The maximum atomic E-state index is 11.7. The first-order valence-corrected chi connectivity index (χ1v) is 13.3. The van der Waals surface area contributed by atoms with Gasteiger partial charge in [-0.05, 0) is 86.0 Å². The molecule has 3 heterocycles. The Hall–Kier alpha value is -2.90. The van der Waals surface area contributed by atoms with Gasteiger partial charge in [-0.25, -0.2) is 4.98 Å². The number of benzene rings is 2. The van der Waals surface area contributed by atoms with Crippen LogP contribution in [-0.4, -0.2) is 42.2 Å². The SMILES string of the molecule is Cc1cccc(-c2csc(N3C[C@@H]4C[C@]4(C(=O)O)C3)n2)c1OCc1ccc2c(c1C)CCNCC2. The fourth-order valence-corrected chi connectivity index (χ4v) is 6.69. The van der Waals surface area contributed by atoms with Gasteiger partial charge in [-0.1, -0.05) is 24.3 Å².